The van der Waals surface area contributed by atoms with Crippen molar-refractivity contribution in [2.45, 2.75) is 38.6 Å². The molecule has 1 unspecified atom stereocenters. The first-order valence-corrected chi connectivity index (χ1v) is 7.19. The SMILES string of the molecule is Cc1oncc1C(=O)N1CCC(C2CCCN2)CC1. The molecular weight excluding hydrogens is 242 g/mol. The molecule has 1 N–H and O–H groups in total. The minimum absolute atomic E-state index is 0.0663. The second-order valence-corrected chi connectivity index (χ2v) is 5.63. The minimum atomic E-state index is 0.0663. The number of carbonyl (C=O) groups excluding carboxylic acids is 1. The summed E-state index contributed by atoms with van der Waals surface area (Å²) in [4.78, 5) is 14.3. The lowest BCUT2D eigenvalue weighted by molar-refractivity contribution is 0.0672. The van der Waals surface area contributed by atoms with Crippen molar-refractivity contribution in [2.75, 3.05) is 19.6 Å². The molecular formula is C14H21N3O2. The van der Waals surface area contributed by atoms with Crippen LogP contribution in [0.15, 0.2) is 10.7 Å². The van der Waals surface area contributed by atoms with Crippen molar-refractivity contribution in [3.8, 4) is 0 Å². The first-order valence-electron chi connectivity index (χ1n) is 7.19. The molecule has 2 aliphatic rings. The molecule has 3 heterocycles. The number of likely N-dealkylation sites (tertiary alicyclic amines) is 1. The molecule has 0 radical (unpaired) electrons. The van der Waals surface area contributed by atoms with Crippen LogP contribution in [0.4, 0.5) is 0 Å². The molecule has 0 saturated carbocycles. The number of nitrogens with zero attached hydrogens (tertiary/aromatic N) is 2. The summed E-state index contributed by atoms with van der Waals surface area (Å²) in [5.41, 5.74) is 0.609. The maximum absolute atomic E-state index is 12.3. The number of hydrogen-bond acceptors (Lipinski definition) is 4. The van der Waals surface area contributed by atoms with Gasteiger partial charge in [-0.3, -0.25) is 4.79 Å². The Kier molecular flexibility index (Phi) is 3.55. The van der Waals surface area contributed by atoms with Crippen LogP contribution in [0, 0.1) is 12.8 Å². The minimum Gasteiger partial charge on any atom is -0.361 e. The maximum Gasteiger partial charge on any atom is 0.259 e. The van der Waals surface area contributed by atoms with E-state index in [1.807, 2.05) is 4.90 Å². The number of aryl methyl sites for hydroxylation is 1. The molecule has 5 heteroatoms. The Labute approximate surface area is 113 Å². The summed E-state index contributed by atoms with van der Waals surface area (Å²) in [6.07, 6.45) is 6.33. The Balaban J connectivity index is 1.58. The molecule has 0 aromatic carbocycles. The van der Waals surface area contributed by atoms with Gasteiger partial charge in [-0.1, -0.05) is 5.16 Å². The third-order valence-electron chi connectivity index (χ3n) is 4.48. The van der Waals surface area contributed by atoms with E-state index in [-0.39, 0.29) is 5.91 Å². The molecule has 1 amide bonds. The van der Waals surface area contributed by atoms with Crippen molar-refractivity contribution in [3.05, 3.63) is 17.5 Å². The van der Waals surface area contributed by atoms with Gasteiger partial charge in [-0.2, -0.15) is 0 Å². The molecule has 0 spiro atoms. The Bertz CT molecular complexity index is 443. The Hall–Kier alpha value is -1.36. The van der Waals surface area contributed by atoms with Crippen LogP contribution in [0.1, 0.15) is 41.8 Å². The lowest BCUT2D eigenvalue weighted by Gasteiger charge is -2.34. The number of hydrogen-bond donors (Lipinski definition) is 1. The van der Waals surface area contributed by atoms with Gasteiger partial charge >= 0.3 is 0 Å². The zero-order chi connectivity index (χ0) is 13.2. The number of piperidine rings is 1. The molecule has 2 aliphatic heterocycles. The number of carbonyl (C=O) groups is 1. The zero-order valence-corrected chi connectivity index (χ0v) is 11.4. The van der Waals surface area contributed by atoms with E-state index in [9.17, 15) is 4.79 Å². The fourth-order valence-corrected chi connectivity index (χ4v) is 3.29. The molecule has 3 rings (SSSR count). The summed E-state index contributed by atoms with van der Waals surface area (Å²) in [5.74, 6) is 1.41. The van der Waals surface area contributed by atoms with Crippen LogP contribution in [0.3, 0.4) is 0 Å². The number of amides is 1. The topological polar surface area (TPSA) is 58.4 Å². The Morgan fingerprint density at radius 3 is 2.79 bits per heavy atom. The van der Waals surface area contributed by atoms with Crippen molar-refractivity contribution in [1.82, 2.24) is 15.4 Å². The largest absolute Gasteiger partial charge is 0.361 e. The Morgan fingerprint density at radius 1 is 1.42 bits per heavy atom. The summed E-state index contributed by atoms with van der Waals surface area (Å²) in [5, 5.41) is 7.26. The number of rotatable bonds is 2. The van der Waals surface area contributed by atoms with Gasteiger partial charge in [0.05, 0.1) is 6.20 Å². The van der Waals surface area contributed by atoms with E-state index in [0.717, 1.165) is 38.4 Å². The maximum atomic E-state index is 12.3. The highest BCUT2D eigenvalue weighted by Crippen LogP contribution is 2.26. The lowest BCUT2D eigenvalue weighted by atomic mass is 9.88. The quantitative estimate of drug-likeness (QED) is 0.880. The van der Waals surface area contributed by atoms with Crippen LogP contribution < -0.4 is 5.32 Å². The van der Waals surface area contributed by atoms with E-state index in [2.05, 4.69) is 10.5 Å². The van der Waals surface area contributed by atoms with Crippen molar-refractivity contribution in [2.24, 2.45) is 5.92 Å². The predicted octanol–water partition coefficient (Wildman–Crippen LogP) is 1.59. The molecule has 5 nitrogen and oxygen atoms in total. The van der Waals surface area contributed by atoms with E-state index in [1.54, 1.807) is 6.92 Å². The normalized spacial score (nSPS) is 24.9. The van der Waals surface area contributed by atoms with Crippen LogP contribution in [0.25, 0.3) is 0 Å². The van der Waals surface area contributed by atoms with Gasteiger partial charge in [0.15, 0.2) is 0 Å². The molecule has 2 saturated heterocycles. The van der Waals surface area contributed by atoms with Gasteiger partial charge in [0, 0.05) is 19.1 Å². The molecule has 104 valence electrons. The second kappa shape index (κ2) is 5.33. The molecule has 2 fully saturated rings. The average molecular weight is 263 g/mol. The lowest BCUT2D eigenvalue weighted by Crippen LogP contribution is -2.43. The summed E-state index contributed by atoms with van der Waals surface area (Å²) in [6.45, 7) is 4.65. The van der Waals surface area contributed by atoms with Crippen molar-refractivity contribution >= 4 is 5.91 Å². The van der Waals surface area contributed by atoms with Gasteiger partial charge in [-0.15, -0.1) is 0 Å². The fraction of sp³-hybridized carbons (Fsp3) is 0.714. The van der Waals surface area contributed by atoms with E-state index in [1.165, 1.54) is 19.0 Å². The molecule has 1 aromatic rings. The highest BCUT2D eigenvalue weighted by Gasteiger charge is 2.30. The van der Waals surface area contributed by atoms with Crippen molar-refractivity contribution in [3.63, 3.8) is 0 Å². The van der Waals surface area contributed by atoms with Crippen LogP contribution in [0.2, 0.25) is 0 Å². The number of nitrogens with one attached hydrogen (secondary N) is 1. The summed E-state index contributed by atoms with van der Waals surface area (Å²) < 4.78 is 4.97. The fourth-order valence-electron chi connectivity index (χ4n) is 3.29. The van der Waals surface area contributed by atoms with E-state index in [0.29, 0.717) is 17.4 Å². The summed E-state index contributed by atoms with van der Waals surface area (Å²) in [6, 6.07) is 0.676. The van der Waals surface area contributed by atoms with Crippen molar-refractivity contribution in [1.29, 1.82) is 0 Å². The third-order valence-corrected chi connectivity index (χ3v) is 4.48. The number of aromatic nitrogens is 1. The third kappa shape index (κ3) is 2.52. The summed E-state index contributed by atoms with van der Waals surface area (Å²) >= 11 is 0. The predicted molar refractivity (Wildman–Crippen MR) is 70.9 cm³/mol. The molecule has 0 bridgehead atoms. The summed E-state index contributed by atoms with van der Waals surface area (Å²) in [7, 11) is 0. The molecule has 0 aliphatic carbocycles. The first kappa shape index (κ1) is 12.7. The van der Waals surface area contributed by atoms with E-state index >= 15 is 0 Å². The van der Waals surface area contributed by atoms with Gasteiger partial charge < -0.3 is 14.7 Å². The first-order chi connectivity index (χ1) is 9.25. The molecule has 1 aromatic heterocycles. The van der Waals surface area contributed by atoms with Crippen LogP contribution in [-0.2, 0) is 0 Å². The van der Waals surface area contributed by atoms with Gasteiger partial charge in [-0.25, -0.2) is 0 Å². The van der Waals surface area contributed by atoms with Gasteiger partial charge in [0.25, 0.3) is 5.91 Å². The van der Waals surface area contributed by atoms with E-state index < -0.39 is 0 Å². The van der Waals surface area contributed by atoms with E-state index in [4.69, 9.17) is 4.52 Å². The highest BCUT2D eigenvalue weighted by molar-refractivity contribution is 5.94. The average Bonchev–Trinajstić information content (AvgIpc) is 3.09. The standard InChI is InChI=1S/C14H21N3O2/c1-10-12(9-16-19-10)14(18)17-7-4-11(5-8-17)13-3-2-6-15-13/h9,11,13,15H,2-8H2,1H3. The van der Waals surface area contributed by atoms with Crippen LogP contribution in [-0.4, -0.2) is 41.6 Å². The highest BCUT2D eigenvalue weighted by atomic mass is 16.5. The van der Waals surface area contributed by atoms with Gasteiger partial charge in [0.2, 0.25) is 0 Å². The van der Waals surface area contributed by atoms with Crippen LogP contribution >= 0.6 is 0 Å². The second-order valence-electron chi connectivity index (χ2n) is 5.63. The monoisotopic (exact) mass is 263 g/mol. The van der Waals surface area contributed by atoms with Gasteiger partial charge in [0.1, 0.15) is 11.3 Å². The zero-order valence-electron chi connectivity index (χ0n) is 11.4. The van der Waals surface area contributed by atoms with Crippen LogP contribution in [0.5, 0.6) is 0 Å². The smallest absolute Gasteiger partial charge is 0.259 e. The van der Waals surface area contributed by atoms with Crippen molar-refractivity contribution < 1.29 is 9.32 Å². The van der Waals surface area contributed by atoms with Gasteiger partial charge in [-0.05, 0) is 45.1 Å². The Morgan fingerprint density at radius 2 is 2.21 bits per heavy atom. The molecule has 1 atom stereocenters. The molecule has 19 heavy (non-hydrogen) atoms.